The zero-order valence-corrected chi connectivity index (χ0v) is 16.9. The number of carbonyl (C=O) groups is 1. The van der Waals surface area contributed by atoms with Gasteiger partial charge in [0.1, 0.15) is 11.4 Å². The fourth-order valence-corrected chi connectivity index (χ4v) is 3.15. The van der Waals surface area contributed by atoms with Gasteiger partial charge in [-0.2, -0.15) is 18.4 Å². The smallest absolute Gasteiger partial charge is 0.417 e. The molecule has 2 rings (SSSR count). The molecule has 0 unspecified atom stereocenters. The number of alkyl halides is 3. The molecule has 1 amide bonds. The zero-order chi connectivity index (χ0) is 22.3. The molecule has 30 heavy (non-hydrogen) atoms. The van der Waals surface area contributed by atoms with Gasteiger partial charge < -0.3 is 10.1 Å². The number of hydrogen-bond donors (Lipinski definition) is 1. The molecule has 1 aliphatic carbocycles. The van der Waals surface area contributed by atoms with Crippen molar-refractivity contribution in [3.8, 4) is 11.8 Å². The predicted octanol–water partition coefficient (Wildman–Crippen LogP) is 4.93. The van der Waals surface area contributed by atoms with Crippen LogP contribution in [0.1, 0.15) is 50.7 Å². The van der Waals surface area contributed by atoms with Crippen LogP contribution in [0.3, 0.4) is 0 Å². The van der Waals surface area contributed by atoms with E-state index in [4.69, 9.17) is 10.00 Å². The van der Waals surface area contributed by atoms with Crippen molar-refractivity contribution in [3.05, 3.63) is 52.7 Å². The monoisotopic (exact) mass is 419 g/mol. The second-order valence-electron chi connectivity index (χ2n) is 7.34. The summed E-state index contributed by atoms with van der Waals surface area (Å²) in [7, 11) is 0. The van der Waals surface area contributed by atoms with Gasteiger partial charge in [0.05, 0.1) is 23.3 Å². The third-order valence-electron chi connectivity index (χ3n) is 4.71. The maximum Gasteiger partial charge on any atom is 0.417 e. The summed E-state index contributed by atoms with van der Waals surface area (Å²) in [6.07, 6.45) is 0.934. The Balaban J connectivity index is 1.95. The highest BCUT2D eigenvalue weighted by Gasteiger charge is 2.34. The van der Waals surface area contributed by atoms with Gasteiger partial charge in [0.2, 0.25) is 0 Å². The molecule has 1 fully saturated rings. The lowest BCUT2D eigenvalue weighted by Crippen LogP contribution is -2.40. The summed E-state index contributed by atoms with van der Waals surface area (Å²) < 4.78 is 45.0. The van der Waals surface area contributed by atoms with E-state index >= 15 is 0 Å². The molecule has 0 heterocycles. The van der Waals surface area contributed by atoms with Gasteiger partial charge in [-0.3, -0.25) is 9.79 Å². The average molecular weight is 419 g/mol. The number of nitrogens with one attached hydrogen (secondary N) is 1. The molecule has 1 N–H and O–H groups in total. The van der Waals surface area contributed by atoms with E-state index in [1.54, 1.807) is 18.2 Å². The first-order valence-electron chi connectivity index (χ1n) is 9.54. The molecule has 0 bridgehead atoms. The lowest BCUT2D eigenvalue weighted by molar-refractivity contribution is -0.138. The lowest BCUT2D eigenvalue weighted by Gasteiger charge is -2.29. The van der Waals surface area contributed by atoms with Gasteiger partial charge in [0, 0.05) is 6.04 Å². The Labute approximate surface area is 173 Å². The summed E-state index contributed by atoms with van der Waals surface area (Å²) in [6.45, 7) is 7.23. The highest BCUT2D eigenvalue weighted by molar-refractivity contribution is 5.94. The van der Waals surface area contributed by atoms with E-state index in [-0.39, 0.29) is 29.5 Å². The highest BCUT2D eigenvalue weighted by Crippen LogP contribution is 2.35. The van der Waals surface area contributed by atoms with Crippen molar-refractivity contribution in [2.75, 3.05) is 0 Å². The van der Waals surface area contributed by atoms with E-state index in [0.29, 0.717) is 25.7 Å². The van der Waals surface area contributed by atoms with E-state index in [1.165, 1.54) is 6.07 Å². The van der Waals surface area contributed by atoms with E-state index in [2.05, 4.69) is 17.0 Å². The van der Waals surface area contributed by atoms with Crippen LogP contribution in [0.4, 0.5) is 13.2 Å². The van der Waals surface area contributed by atoms with Gasteiger partial charge in [-0.1, -0.05) is 11.6 Å². The number of allylic oxidation sites excluding steroid dienone is 3. The molecule has 0 saturated heterocycles. The van der Waals surface area contributed by atoms with Crippen LogP contribution in [0.2, 0.25) is 0 Å². The van der Waals surface area contributed by atoms with E-state index in [0.717, 1.165) is 17.7 Å². The minimum Gasteiger partial charge on any atom is -0.490 e. The number of carbonyl (C=O) groups excluding carboxylic acids is 1. The van der Waals surface area contributed by atoms with Crippen LogP contribution in [-0.2, 0) is 11.0 Å². The van der Waals surface area contributed by atoms with Crippen molar-refractivity contribution in [2.24, 2.45) is 4.99 Å². The van der Waals surface area contributed by atoms with Gasteiger partial charge in [-0.25, -0.2) is 0 Å². The quantitative estimate of drug-likeness (QED) is 0.403. The van der Waals surface area contributed by atoms with Crippen LogP contribution in [0.25, 0.3) is 0 Å². The first-order chi connectivity index (χ1) is 14.1. The molecule has 0 atom stereocenters. The summed E-state index contributed by atoms with van der Waals surface area (Å²) >= 11 is 0. The summed E-state index contributed by atoms with van der Waals surface area (Å²) in [6, 6.07) is 4.84. The van der Waals surface area contributed by atoms with Crippen LogP contribution in [0, 0.1) is 11.3 Å². The van der Waals surface area contributed by atoms with Crippen LogP contribution in [0.15, 0.2) is 46.6 Å². The largest absolute Gasteiger partial charge is 0.490 e. The van der Waals surface area contributed by atoms with Crippen molar-refractivity contribution < 1.29 is 22.7 Å². The Kier molecular flexibility index (Phi) is 7.81. The second kappa shape index (κ2) is 10.1. The molecule has 1 aromatic carbocycles. The predicted molar refractivity (Wildman–Crippen MR) is 108 cm³/mol. The van der Waals surface area contributed by atoms with Crippen LogP contribution >= 0.6 is 0 Å². The Morgan fingerprint density at radius 1 is 1.27 bits per heavy atom. The van der Waals surface area contributed by atoms with Crippen molar-refractivity contribution >= 4 is 12.6 Å². The SMILES string of the molecule is C=N/C(=C\C=C(C)C)C(=O)NC1CCC(Oc2ccc(C#N)c(C(F)(F)F)c2)CC1. The molecule has 160 valence electrons. The number of amides is 1. The number of ether oxygens (including phenoxy) is 1. The standard InChI is InChI=1S/C22H24F3N3O2/c1-14(2)4-11-20(27-3)21(29)28-16-6-9-17(10-7-16)30-18-8-5-15(13-26)19(12-18)22(23,24)25/h4-5,8,11-12,16-17H,3,6-7,9-10H2,1-2H3,(H,28,29)/b20-11-. The van der Waals surface area contributed by atoms with Crippen LogP contribution in [-0.4, -0.2) is 24.8 Å². The first kappa shape index (κ1) is 23.2. The van der Waals surface area contributed by atoms with Crippen molar-refractivity contribution in [1.82, 2.24) is 5.32 Å². The van der Waals surface area contributed by atoms with Crippen molar-refractivity contribution in [2.45, 2.75) is 57.9 Å². The van der Waals surface area contributed by atoms with Crippen LogP contribution in [0.5, 0.6) is 5.75 Å². The third kappa shape index (κ3) is 6.48. The number of hydrogen-bond acceptors (Lipinski definition) is 4. The molecular formula is C22H24F3N3O2. The minimum absolute atomic E-state index is 0.0686. The van der Waals surface area contributed by atoms with E-state index < -0.39 is 17.3 Å². The number of halogens is 3. The Hall–Kier alpha value is -3.08. The second-order valence-corrected chi connectivity index (χ2v) is 7.34. The Morgan fingerprint density at radius 2 is 1.93 bits per heavy atom. The zero-order valence-electron chi connectivity index (χ0n) is 16.9. The summed E-state index contributed by atoms with van der Waals surface area (Å²) in [5, 5.41) is 11.8. The molecule has 0 aliphatic heterocycles. The fraction of sp³-hybridized carbons (Fsp3) is 0.409. The number of nitriles is 1. The average Bonchev–Trinajstić information content (AvgIpc) is 2.69. The first-order valence-corrected chi connectivity index (χ1v) is 9.54. The molecular weight excluding hydrogens is 395 g/mol. The van der Waals surface area contributed by atoms with Crippen molar-refractivity contribution in [1.29, 1.82) is 5.26 Å². The molecule has 8 heteroatoms. The van der Waals surface area contributed by atoms with Gasteiger partial charge in [0.25, 0.3) is 5.91 Å². The van der Waals surface area contributed by atoms with Gasteiger partial charge in [-0.15, -0.1) is 0 Å². The number of nitrogens with zero attached hydrogens (tertiary/aromatic N) is 2. The lowest BCUT2D eigenvalue weighted by atomic mass is 9.92. The number of rotatable bonds is 6. The Bertz CT molecular complexity index is 886. The number of aliphatic imine (C=N–C) groups is 1. The van der Waals surface area contributed by atoms with Crippen molar-refractivity contribution in [3.63, 3.8) is 0 Å². The summed E-state index contributed by atoms with van der Waals surface area (Å²) in [5.74, 6) is -0.231. The molecule has 0 radical (unpaired) electrons. The minimum atomic E-state index is -4.62. The molecule has 0 spiro atoms. The van der Waals surface area contributed by atoms with E-state index in [9.17, 15) is 18.0 Å². The molecule has 0 aromatic heterocycles. The topological polar surface area (TPSA) is 74.5 Å². The molecule has 1 aromatic rings. The highest BCUT2D eigenvalue weighted by atomic mass is 19.4. The maximum atomic E-state index is 13.1. The van der Waals surface area contributed by atoms with Gasteiger partial charge >= 0.3 is 6.18 Å². The Morgan fingerprint density at radius 3 is 2.47 bits per heavy atom. The maximum absolute atomic E-state index is 13.1. The molecule has 1 saturated carbocycles. The molecule has 1 aliphatic rings. The normalized spacial score (nSPS) is 19.4. The summed E-state index contributed by atoms with van der Waals surface area (Å²) in [4.78, 5) is 16.1. The van der Waals surface area contributed by atoms with Crippen LogP contribution < -0.4 is 10.1 Å². The fourth-order valence-electron chi connectivity index (χ4n) is 3.15. The van der Waals surface area contributed by atoms with Gasteiger partial charge in [0.15, 0.2) is 0 Å². The number of benzene rings is 1. The van der Waals surface area contributed by atoms with Gasteiger partial charge in [-0.05, 0) is 70.5 Å². The summed E-state index contributed by atoms with van der Waals surface area (Å²) in [5.41, 5.74) is -0.185. The molecule has 5 nitrogen and oxygen atoms in total. The third-order valence-corrected chi connectivity index (χ3v) is 4.71. The van der Waals surface area contributed by atoms with E-state index in [1.807, 2.05) is 13.8 Å².